The Kier molecular flexibility index (Phi) is 8.75. The van der Waals surface area contributed by atoms with E-state index < -0.39 is 0 Å². The first-order chi connectivity index (χ1) is 31.2. The molecule has 0 fully saturated rings. The smallest absolute Gasteiger partial charge is 0.160 e. The zero-order valence-corrected chi connectivity index (χ0v) is 34.1. The fourth-order valence-electron chi connectivity index (χ4n) is 8.98. The minimum absolute atomic E-state index is 0.682. The monoisotopic (exact) mass is 803 g/mol. The third-order valence-electron chi connectivity index (χ3n) is 12.0. The fourth-order valence-corrected chi connectivity index (χ4v) is 8.98. The lowest BCUT2D eigenvalue weighted by Crippen LogP contribution is -1.99. The Morgan fingerprint density at radius 2 is 0.746 bits per heavy atom. The summed E-state index contributed by atoms with van der Waals surface area (Å²) in [6, 6.07) is 78.5. The van der Waals surface area contributed by atoms with Crippen LogP contribution in [0.4, 0.5) is 0 Å². The van der Waals surface area contributed by atoms with E-state index in [1.165, 1.54) is 0 Å². The molecule has 9 aromatic carbocycles. The molecule has 12 rings (SSSR count). The van der Waals surface area contributed by atoms with Gasteiger partial charge < -0.3 is 4.57 Å². The maximum Gasteiger partial charge on any atom is 0.160 e. The summed E-state index contributed by atoms with van der Waals surface area (Å²) in [4.78, 5) is 21.2. The number of fused-ring (bicyclic) bond motifs is 6. The van der Waals surface area contributed by atoms with Gasteiger partial charge in [-0.1, -0.05) is 182 Å². The average molecular weight is 804 g/mol. The first-order valence-corrected chi connectivity index (χ1v) is 21.2. The number of hydrogen-bond acceptors (Lipinski definition) is 4. The van der Waals surface area contributed by atoms with Crippen molar-refractivity contribution in [3.8, 4) is 73.2 Å². The van der Waals surface area contributed by atoms with Crippen LogP contribution in [-0.4, -0.2) is 24.5 Å². The number of nitrogens with zero attached hydrogens (tertiary/aromatic N) is 5. The summed E-state index contributed by atoms with van der Waals surface area (Å²) in [6.07, 6.45) is 0. The van der Waals surface area contributed by atoms with Gasteiger partial charge in [0.05, 0.1) is 27.9 Å². The molecule has 63 heavy (non-hydrogen) atoms. The van der Waals surface area contributed by atoms with Crippen molar-refractivity contribution in [1.82, 2.24) is 24.5 Å². The van der Waals surface area contributed by atoms with Gasteiger partial charge in [-0.3, -0.25) is 0 Å². The van der Waals surface area contributed by atoms with Gasteiger partial charge in [-0.2, -0.15) is 0 Å². The van der Waals surface area contributed by atoms with Crippen molar-refractivity contribution in [2.45, 2.75) is 0 Å². The van der Waals surface area contributed by atoms with Gasteiger partial charge in [0.1, 0.15) is 5.52 Å². The van der Waals surface area contributed by atoms with Crippen LogP contribution in [0.15, 0.2) is 224 Å². The Morgan fingerprint density at radius 1 is 0.286 bits per heavy atom. The second kappa shape index (κ2) is 15.2. The highest BCUT2D eigenvalue weighted by Gasteiger charge is 2.21. The molecule has 0 aliphatic heterocycles. The van der Waals surface area contributed by atoms with Gasteiger partial charge in [0.25, 0.3) is 0 Å². The molecule has 3 aromatic heterocycles. The summed E-state index contributed by atoms with van der Waals surface area (Å²) in [7, 11) is 0. The quantitative estimate of drug-likeness (QED) is 0.151. The van der Waals surface area contributed by atoms with Crippen molar-refractivity contribution in [2.75, 3.05) is 0 Å². The third-order valence-corrected chi connectivity index (χ3v) is 12.0. The molecule has 5 heteroatoms. The maximum atomic E-state index is 5.38. The lowest BCUT2D eigenvalue weighted by Gasteiger charge is -2.13. The van der Waals surface area contributed by atoms with Crippen LogP contribution < -0.4 is 0 Å². The topological polar surface area (TPSA) is 56.5 Å². The predicted molar refractivity (Wildman–Crippen MR) is 260 cm³/mol. The molecular weight excluding hydrogens is 767 g/mol. The second-order valence-electron chi connectivity index (χ2n) is 15.8. The maximum absolute atomic E-state index is 5.38. The number of aromatic nitrogens is 5. The molecule has 3 heterocycles. The highest BCUT2D eigenvalue weighted by Crippen LogP contribution is 2.39. The van der Waals surface area contributed by atoms with Crippen molar-refractivity contribution in [3.05, 3.63) is 224 Å². The summed E-state index contributed by atoms with van der Waals surface area (Å²) in [5.74, 6) is 1.38. The predicted octanol–water partition coefficient (Wildman–Crippen LogP) is 14.7. The Hall–Kier alpha value is -8.54. The lowest BCUT2D eigenvalue weighted by molar-refractivity contribution is 1.15. The zero-order chi connectivity index (χ0) is 41.7. The average Bonchev–Trinajstić information content (AvgIpc) is 3.71. The largest absolute Gasteiger partial charge is 0.306 e. The standard InChI is InChI=1S/C58H37N5/c1-4-18-39(19-5-1)52-50-34-33-38-17-10-11-30-48(38)54(50)61-57(59-52)45-26-15-24-43(36-45)41-22-14-23-42(35-41)44-25-16-27-46(37-44)58-60-53(40-20-6-2-7-21-40)56-55(62-58)49-31-12-13-32-51(49)63(56)47-28-8-3-9-29-47/h1-37H. The molecule has 0 aliphatic rings. The fraction of sp³-hybridized carbons (Fsp3) is 0. The summed E-state index contributed by atoms with van der Waals surface area (Å²) < 4.78 is 2.30. The summed E-state index contributed by atoms with van der Waals surface area (Å²) in [6.45, 7) is 0. The lowest BCUT2D eigenvalue weighted by atomic mass is 9.96. The van der Waals surface area contributed by atoms with E-state index in [1.807, 2.05) is 18.2 Å². The molecular formula is C58H37N5. The molecule has 0 saturated carbocycles. The van der Waals surface area contributed by atoms with Gasteiger partial charge in [0.2, 0.25) is 0 Å². The third kappa shape index (κ3) is 6.42. The van der Waals surface area contributed by atoms with Crippen molar-refractivity contribution >= 4 is 43.6 Å². The minimum atomic E-state index is 0.682. The van der Waals surface area contributed by atoms with Gasteiger partial charge in [-0.25, -0.2) is 19.9 Å². The first kappa shape index (κ1) is 36.3. The van der Waals surface area contributed by atoms with Crippen molar-refractivity contribution in [2.24, 2.45) is 0 Å². The highest BCUT2D eigenvalue weighted by atomic mass is 15.0. The molecule has 0 amide bonds. The normalized spacial score (nSPS) is 11.5. The SMILES string of the molecule is c1ccc(-c2nc(-c3cccc(-c4cccc(-c5cccc(-c6nc(-c7ccccc7)c7c(n6)c6ccccc6n7-c6ccccc6)c5)c4)c3)nc3c2ccc2ccccc23)cc1. The van der Waals surface area contributed by atoms with Crippen molar-refractivity contribution in [1.29, 1.82) is 0 Å². The summed E-state index contributed by atoms with van der Waals surface area (Å²) >= 11 is 0. The van der Waals surface area contributed by atoms with Gasteiger partial charge >= 0.3 is 0 Å². The molecule has 0 spiro atoms. The molecule has 0 aliphatic carbocycles. The summed E-state index contributed by atoms with van der Waals surface area (Å²) in [5, 5.41) is 4.39. The van der Waals surface area contributed by atoms with Crippen LogP contribution >= 0.6 is 0 Å². The number of benzene rings is 9. The molecule has 294 valence electrons. The molecule has 0 atom stereocenters. The Balaban J connectivity index is 0.958. The second-order valence-corrected chi connectivity index (χ2v) is 15.8. The van der Waals surface area contributed by atoms with E-state index in [4.69, 9.17) is 19.9 Å². The van der Waals surface area contributed by atoms with Crippen LogP contribution in [-0.2, 0) is 0 Å². The van der Waals surface area contributed by atoms with Crippen LogP contribution in [0.25, 0.3) is 117 Å². The zero-order valence-electron chi connectivity index (χ0n) is 34.1. The molecule has 5 nitrogen and oxygen atoms in total. The van der Waals surface area contributed by atoms with Crippen LogP contribution in [0.5, 0.6) is 0 Å². The Bertz CT molecular complexity index is 3670. The van der Waals surface area contributed by atoms with Crippen LogP contribution in [0.1, 0.15) is 0 Å². The van der Waals surface area contributed by atoms with Crippen molar-refractivity contribution in [3.63, 3.8) is 0 Å². The van der Waals surface area contributed by atoms with E-state index in [9.17, 15) is 0 Å². The molecule has 0 bridgehead atoms. The van der Waals surface area contributed by atoms with E-state index in [1.54, 1.807) is 0 Å². The van der Waals surface area contributed by atoms with Crippen molar-refractivity contribution < 1.29 is 0 Å². The number of hydrogen-bond donors (Lipinski definition) is 0. The van der Waals surface area contributed by atoms with Gasteiger partial charge in [-0.05, 0) is 70.1 Å². The molecule has 12 aromatic rings. The summed E-state index contributed by atoms with van der Waals surface area (Å²) in [5.41, 5.74) is 15.2. The molecule has 0 radical (unpaired) electrons. The number of rotatable bonds is 7. The van der Waals surface area contributed by atoms with Crippen LogP contribution in [0.3, 0.4) is 0 Å². The van der Waals surface area contributed by atoms with Crippen LogP contribution in [0.2, 0.25) is 0 Å². The molecule has 0 unspecified atom stereocenters. The molecule has 0 saturated heterocycles. The molecule has 0 N–H and O–H groups in total. The van der Waals surface area contributed by atoms with Crippen LogP contribution in [0, 0.1) is 0 Å². The Labute approximate surface area is 364 Å². The van der Waals surface area contributed by atoms with E-state index in [0.717, 1.165) is 105 Å². The van der Waals surface area contributed by atoms with Gasteiger partial charge in [0.15, 0.2) is 11.6 Å². The van der Waals surface area contributed by atoms with E-state index in [0.29, 0.717) is 11.6 Å². The van der Waals surface area contributed by atoms with E-state index >= 15 is 0 Å². The van der Waals surface area contributed by atoms with Gasteiger partial charge in [-0.15, -0.1) is 0 Å². The minimum Gasteiger partial charge on any atom is -0.306 e. The number of para-hydroxylation sites is 2. The van der Waals surface area contributed by atoms with E-state index in [2.05, 4.69) is 211 Å². The first-order valence-electron chi connectivity index (χ1n) is 21.2. The Morgan fingerprint density at radius 3 is 1.38 bits per heavy atom. The van der Waals surface area contributed by atoms with E-state index in [-0.39, 0.29) is 0 Å². The highest BCUT2D eigenvalue weighted by molar-refractivity contribution is 6.12. The van der Waals surface area contributed by atoms with Gasteiger partial charge in [0, 0.05) is 44.1 Å².